The van der Waals surface area contributed by atoms with Crippen molar-refractivity contribution in [3.8, 4) is 0 Å². The molecule has 0 unspecified atom stereocenters. The van der Waals surface area contributed by atoms with Crippen LogP contribution in [0.3, 0.4) is 0 Å². The van der Waals surface area contributed by atoms with Gasteiger partial charge in [-0.05, 0) is 144 Å². The number of hydrogen-bond acceptors (Lipinski definition) is 13. The van der Waals surface area contributed by atoms with Crippen LogP contribution in [0, 0.1) is 23.5 Å². The normalized spacial score (nSPS) is 27.1. The Hall–Kier alpha value is -8.78. The molecule has 6 fully saturated rings. The quantitative estimate of drug-likeness (QED) is 0.144. The minimum Gasteiger partial charge on any atom is -0.377 e. The number of alkyl halides is 6. The van der Waals surface area contributed by atoms with Gasteiger partial charge in [0.15, 0.2) is 0 Å². The lowest BCUT2D eigenvalue weighted by Crippen LogP contribution is -2.68. The first kappa shape index (κ1) is 87.2. The number of carbonyl (C=O) groups excluding carboxylic acids is 12. The minimum absolute atomic E-state index is 0.0639. The van der Waals surface area contributed by atoms with E-state index in [0.717, 1.165) is 50.9 Å². The zero-order valence-electron chi connectivity index (χ0n) is 65.6. The second-order valence-electron chi connectivity index (χ2n) is 31.3. The number of fused-ring (bicyclic) bond motifs is 3. The number of nitrogens with one attached hydrogen (secondary N) is 2. The molecule has 3 saturated carbocycles. The lowest BCUT2D eigenvalue weighted by Gasteiger charge is -2.51. The van der Waals surface area contributed by atoms with Crippen molar-refractivity contribution >= 4 is 70.9 Å². The van der Waals surface area contributed by atoms with Crippen LogP contribution in [0.1, 0.15) is 172 Å². The second-order valence-corrected chi connectivity index (χ2v) is 31.3. The first-order chi connectivity index (χ1) is 52.9. The predicted octanol–water partition coefficient (Wildman–Crippen LogP) is 6.90. The summed E-state index contributed by atoms with van der Waals surface area (Å²) in [7, 11) is 8.10. The van der Waals surface area contributed by atoms with Crippen LogP contribution in [0.2, 0.25) is 0 Å². The molecule has 2 bridgehead atoms. The molecule has 9 rings (SSSR count). The van der Waals surface area contributed by atoms with E-state index < -0.39 is 228 Å². The highest BCUT2D eigenvalue weighted by molar-refractivity contribution is 6.01. The van der Waals surface area contributed by atoms with Gasteiger partial charge in [0.1, 0.15) is 77.6 Å². The van der Waals surface area contributed by atoms with E-state index in [1.54, 1.807) is 44.7 Å². The molecule has 2 N–H and O–H groups in total. The van der Waals surface area contributed by atoms with Crippen molar-refractivity contribution in [2.45, 2.75) is 241 Å². The van der Waals surface area contributed by atoms with Gasteiger partial charge in [-0.25, -0.2) is 8.78 Å². The summed E-state index contributed by atoms with van der Waals surface area (Å²) < 4.78 is 120. The van der Waals surface area contributed by atoms with Gasteiger partial charge in [-0.3, -0.25) is 57.5 Å². The van der Waals surface area contributed by atoms with E-state index in [-0.39, 0.29) is 63.8 Å². The maximum Gasteiger partial charge on any atom is 0.422 e. The number of nitrogens with zero attached hydrogens (tertiary/aromatic N) is 10. The van der Waals surface area contributed by atoms with E-state index in [1.165, 1.54) is 59.7 Å². The van der Waals surface area contributed by atoms with Crippen LogP contribution < -0.4 is 10.6 Å². The molecule has 3 saturated heterocycles. The number of halogens is 8. The van der Waals surface area contributed by atoms with Crippen LogP contribution in [0.15, 0.2) is 48.6 Å². The molecule has 25 nitrogen and oxygen atoms in total. The van der Waals surface area contributed by atoms with Gasteiger partial charge in [0.25, 0.3) is 0 Å². The Bertz CT molecular complexity index is 3800. The molecule has 2 aromatic rings. The topological polar surface area (TPSA) is 271 Å². The van der Waals surface area contributed by atoms with Crippen LogP contribution in [0.4, 0.5) is 35.1 Å². The summed E-state index contributed by atoms with van der Waals surface area (Å²) in [5.41, 5.74) is -5.16. The number of amides is 12. The molecule has 33 heteroatoms. The molecule has 2 aromatic carbocycles. The summed E-state index contributed by atoms with van der Waals surface area (Å²) in [6.07, 6.45) is -4.46. The van der Waals surface area contributed by atoms with Gasteiger partial charge < -0.3 is 64.4 Å². The summed E-state index contributed by atoms with van der Waals surface area (Å²) in [5, 5.41) is 5.50. The van der Waals surface area contributed by atoms with Gasteiger partial charge in [-0.2, -0.15) is 26.3 Å². The molecule has 4 heterocycles. The molecule has 12 amide bonds. The summed E-state index contributed by atoms with van der Waals surface area (Å²) in [6, 6.07) is -7.51. The van der Waals surface area contributed by atoms with Gasteiger partial charge in [-0.1, -0.05) is 70.7 Å². The van der Waals surface area contributed by atoms with E-state index in [1.807, 2.05) is 0 Å². The highest BCUT2D eigenvalue weighted by Gasteiger charge is 2.57. The molecule has 112 heavy (non-hydrogen) atoms. The number of benzene rings is 2. The third-order valence-electron chi connectivity index (χ3n) is 23.9. The van der Waals surface area contributed by atoms with Gasteiger partial charge in [0.05, 0.1) is 24.6 Å². The summed E-state index contributed by atoms with van der Waals surface area (Å²) in [4.78, 5) is 196. The average Bonchev–Trinajstić information content (AvgIpc) is 1.14. The molecule has 7 aliphatic rings. The number of hydrogen-bond donors (Lipinski definition) is 2. The number of ether oxygens (including phenoxy) is 1. The fraction of sp³-hybridized carbons (Fsp3) is 0.671. The Labute approximate surface area is 648 Å². The number of aryl methyl sites for hydroxylation is 1. The Kier molecular flexibility index (Phi) is 28.8. The van der Waals surface area contributed by atoms with Gasteiger partial charge in [0, 0.05) is 94.0 Å². The molecule has 1 spiro atoms. The van der Waals surface area contributed by atoms with Crippen molar-refractivity contribution in [3.05, 3.63) is 82.4 Å². The fourth-order valence-corrected chi connectivity index (χ4v) is 16.7. The molecule has 3 aliphatic carbocycles. The molecular formula is C79H108F8N12O13. The van der Waals surface area contributed by atoms with Crippen molar-refractivity contribution < 1.29 is 97.4 Å². The van der Waals surface area contributed by atoms with E-state index in [0.29, 0.717) is 95.9 Å². The van der Waals surface area contributed by atoms with Crippen molar-refractivity contribution in [1.82, 2.24) is 59.6 Å². The van der Waals surface area contributed by atoms with E-state index in [4.69, 9.17) is 4.74 Å². The third-order valence-corrected chi connectivity index (χ3v) is 23.9. The summed E-state index contributed by atoms with van der Waals surface area (Å²) in [5.74, 6) is -14.4. The maximum absolute atomic E-state index is 15.8. The Balaban J connectivity index is 1.14. The average molecular weight is 1590 g/mol. The van der Waals surface area contributed by atoms with Gasteiger partial charge >= 0.3 is 12.4 Å². The SMILES string of the molecule is CCC[C@H]1C(=O)N[C@@H]([C@@H](C)CC)C(=O)N(C2CC2)CC(=O)N(C)[C@@H]2C/C=C\CCN(C2=O)[C@@H](Cc2ccc(C(F)(F)F)cc2)C(=O)N(C)CC(=O)N[C@@H](CCc2cc(F)c(C(F)(F)F)c(F)c2)C(=O)N2C[C@H](OCC)C[C@H]2C(=O)N(C)C2(CCC2)C(=O)N(C)[C@@H](C2CCCC2)C(=O)N(C)[C@H](C(=O)N2CCCC2)CC(=O)N1C. The van der Waals surface area contributed by atoms with Crippen molar-refractivity contribution in [3.63, 3.8) is 0 Å². The van der Waals surface area contributed by atoms with Gasteiger partial charge in [-0.15, -0.1) is 0 Å². The minimum atomic E-state index is -5.46. The number of carbonyl (C=O) groups is 12. The highest BCUT2D eigenvalue weighted by Crippen LogP contribution is 2.43. The zero-order chi connectivity index (χ0) is 82.2. The lowest BCUT2D eigenvalue weighted by molar-refractivity contribution is -0.166. The monoisotopic (exact) mass is 1580 g/mol. The van der Waals surface area contributed by atoms with Crippen molar-refractivity contribution in [1.29, 1.82) is 0 Å². The number of rotatable bonds is 14. The largest absolute Gasteiger partial charge is 0.422 e. The smallest absolute Gasteiger partial charge is 0.377 e. The Morgan fingerprint density at radius 1 is 0.625 bits per heavy atom. The first-order valence-corrected chi connectivity index (χ1v) is 39.2. The highest BCUT2D eigenvalue weighted by atomic mass is 19.4. The summed E-state index contributed by atoms with van der Waals surface area (Å²) >= 11 is 0. The van der Waals surface area contributed by atoms with Crippen LogP contribution in [0.5, 0.6) is 0 Å². The number of likely N-dealkylation sites (tertiary alicyclic amines) is 1. The van der Waals surface area contributed by atoms with Crippen LogP contribution >= 0.6 is 0 Å². The summed E-state index contributed by atoms with van der Waals surface area (Å²) in [6.45, 7) is 5.58. The molecule has 4 aliphatic heterocycles. The van der Waals surface area contributed by atoms with E-state index >= 15 is 56.7 Å². The van der Waals surface area contributed by atoms with Crippen molar-refractivity contribution in [2.75, 3.05) is 88.2 Å². The Morgan fingerprint density at radius 3 is 1.84 bits per heavy atom. The van der Waals surface area contributed by atoms with Crippen LogP contribution in [0.25, 0.3) is 0 Å². The van der Waals surface area contributed by atoms with Crippen molar-refractivity contribution in [2.24, 2.45) is 11.8 Å². The molecule has 10 atom stereocenters. The third kappa shape index (κ3) is 19.7. The lowest BCUT2D eigenvalue weighted by atomic mass is 9.73. The van der Waals surface area contributed by atoms with E-state index in [9.17, 15) is 35.9 Å². The molecule has 0 radical (unpaired) electrons. The second kappa shape index (κ2) is 37.0. The maximum atomic E-state index is 15.8. The van der Waals surface area contributed by atoms with E-state index in [2.05, 4.69) is 10.6 Å². The number of likely N-dealkylation sites (N-methyl/N-ethyl adjacent to an activating group) is 6. The first-order valence-electron chi connectivity index (χ1n) is 39.2. The Morgan fingerprint density at radius 2 is 1.27 bits per heavy atom. The van der Waals surface area contributed by atoms with Gasteiger partial charge in [0.2, 0.25) is 70.9 Å². The zero-order valence-corrected chi connectivity index (χ0v) is 65.6. The standard InChI is InChI=1S/C79H108F8N12O13/c1-11-22-57-68(103)89-66(47(4)12-2)74(109)98(52-31-32-52)46-64(102)92(7)58-25-15-14-18-38-97(73(58)108)60(41-48-26-29-51(30-27-48)78(82,83)84)70(105)90(5)45-62(100)88-56(33-28-49-39-54(80)65(55(81)40-49)79(85,86)87)69(104)99-44-53(112-13-3)42-61(99)71(106)95(10)77(34-21-35-77)76(111)94(9)67(50-23-16-17-24-50)75(110)93(8)59(43-63(101)91(57)6)72(107)96-36-19-20-37-96/h14-15,26-27,29-30,39-40,47,50,52-53,56-61,66-67H,11-13,16-25,28,31-38,41-46H2,1-10H3,(H,88,100)(H,89,103)/b15-14-/t47-,53+,56-,57-,58+,59-,60-,61-,66-,67-/m0/s1. The molecule has 0 aromatic heterocycles. The molecule has 618 valence electrons. The van der Waals surface area contributed by atoms with Crippen LogP contribution in [-0.4, -0.2) is 274 Å². The fourth-order valence-electron chi connectivity index (χ4n) is 16.7. The predicted molar refractivity (Wildman–Crippen MR) is 393 cm³/mol. The van der Waals surface area contributed by atoms with Crippen LogP contribution in [-0.2, 0) is 87.5 Å². The molecular weight excluding hydrogens is 1480 g/mol.